The maximum absolute atomic E-state index is 5.85. The standard InChI is InChI=1S/C16H21N3O2/c1-12-5-3-4-6-15(12)20-10-9-19-8-7-14(11-19)16-17-13(2)18-21-16/h3-6,14H,7-11H2,1-2H3/t14-/m0/s1. The van der Waals surface area contributed by atoms with E-state index in [1.165, 1.54) is 5.56 Å². The number of ether oxygens (including phenoxy) is 1. The molecule has 0 aliphatic carbocycles. The summed E-state index contributed by atoms with van der Waals surface area (Å²) >= 11 is 0. The van der Waals surface area contributed by atoms with Crippen molar-refractivity contribution in [2.75, 3.05) is 26.2 Å². The van der Waals surface area contributed by atoms with Gasteiger partial charge in [0.15, 0.2) is 5.82 Å². The lowest BCUT2D eigenvalue weighted by molar-refractivity contribution is 0.232. The predicted octanol–water partition coefficient (Wildman–Crippen LogP) is 2.55. The highest BCUT2D eigenvalue weighted by Gasteiger charge is 2.27. The van der Waals surface area contributed by atoms with E-state index in [0.29, 0.717) is 18.3 Å². The SMILES string of the molecule is Cc1noc([C@H]2CCN(CCOc3ccccc3C)C2)n1. The second kappa shape index (κ2) is 6.26. The van der Waals surface area contributed by atoms with Crippen molar-refractivity contribution in [1.82, 2.24) is 15.0 Å². The van der Waals surface area contributed by atoms with Gasteiger partial charge in [0.05, 0.1) is 5.92 Å². The molecule has 1 atom stereocenters. The average molecular weight is 287 g/mol. The lowest BCUT2D eigenvalue weighted by Crippen LogP contribution is -2.26. The van der Waals surface area contributed by atoms with Gasteiger partial charge in [-0.15, -0.1) is 0 Å². The van der Waals surface area contributed by atoms with Gasteiger partial charge in [-0.3, -0.25) is 4.90 Å². The van der Waals surface area contributed by atoms with Gasteiger partial charge in [0.25, 0.3) is 0 Å². The molecule has 1 aromatic carbocycles. The van der Waals surface area contributed by atoms with Gasteiger partial charge in [0, 0.05) is 13.1 Å². The molecule has 1 aliphatic rings. The topological polar surface area (TPSA) is 51.4 Å². The Morgan fingerprint density at radius 3 is 2.95 bits per heavy atom. The summed E-state index contributed by atoms with van der Waals surface area (Å²) in [6, 6.07) is 8.12. The van der Waals surface area contributed by atoms with Gasteiger partial charge in [0.1, 0.15) is 12.4 Å². The lowest BCUT2D eigenvalue weighted by Gasteiger charge is -2.16. The molecule has 3 rings (SSSR count). The average Bonchev–Trinajstić information content (AvgIpc) is 3.10. The molecule has 5 nitrogen and oxygen atoms in total. The highest BCUT2D eigenvalue weighted by Crippen LogP contribution is 2.25. The van der Waals surface area contributed by atoms with Crippen LogP contribution in [0.2, 0.25) is 0 Å². The van der Waals surface area contributed by atoms with Crippen molar-refractivity contribution in [1.29, 1.82) is 0 Å². The van der Waals surface area contributed by atoms with E-state index in [9.17, 15) is 0 Å². The van der Waals surface area contributed by atoms with Gasteiger partial charge in [-0.25, -0.2) is 0 Å². The molecule has 1 fully saturated rings. The molecular weight excluding hydrogens is 266 g/mol. The summed E-state index contributed by atoms with van der Waals surface area (Å²) in [4.78, 5) is 6.72. The maximum Gasteiger partial charge on any atom is 0.231 e. The Kier molecular flexibility index (Phi) is 4.20. The van der Waals surface area contributed by atoms with Crippen LogP contribution in [0.3, 0.4) is 0 Å². The molecule has 112 valence electrons. The van der Waals surface area contributed by atoms with E-state index in [1.807, 2.05) is 25.1 Å². The number of rotatable bonds is 5. The Labute approximate surface area is 124 Å². The van der Waals surface area contributed by atoms with Gasteiger partial charge in [-0.05, 0) is 38.4 Å². The van der Waals surface area contributed by atoms with Crippen molar-refractivity contribution >= 4 is 0 Å². The van der Waals surface area contributed by atoms with Gasteiger partial charge >= 0.3 is 0 Å². The molecule has 2 aromatic rings. The third-order valence-electron chi connectivity index (χ3n) is 3.92. The molecular formula is C16H21N3O2. The minimum Gasteiger partial charge on any atom is -0.492 e. The Balaban J connectivity index is 1.46. The molecule has 0 saturated carbocycles. The molecule has 0 N–H and O–H groups in total. The fourth-order valence-electron chi connectivity index (χ4n) is 2.72. The molecule has 0 radical (unpaired) electrons. The van der Waals surface area contributed by atoms with Crippen molar-refractivity contribution in [3.8, 4) is 5.75 Å². The molecule has 0 amide bonds. The zero-order valence-electron chi connectivity index (χ0n) is 12.6. The zero-order chi connectivity index (χ0) is 14.7. The number of aryl methyl sites for hydroxylation is 2. The molecule has 21 heavy (non-hydrogen) atoms. The Morgan fingerprint density at radius 1 is 1.33 bits per heavy atom. The first-order valence-corrected chi connectivity index (χ1v) is 7.43. The van der Waals surface area contributed by atoms with E-state index in [4.69, 9.17) is 9.26 Å². The summed E-state index contributed by atoms with van der Waals surface area (Å²) in [5.41, 5.74) is 1.18. The van der Waals surface area contributed by atoms with Crippen molar-refractivity contribution < 1.29 is 9.26 Å². The summed E-state index contributed by atoms with van der Waals surface area (Å²) in [5, 5.41) is 3.87. The zero-order valence-corrected chi connectivity index (χ0v) is 12.6. The van der Waals surface area contributed by atoms with E-state index in [-0.39, 0.29) is 0 Å². The van der Waals surface area contributed by atoms with Crippen molar-refractivity contribution in [2.24, 2.45) is 0 Å². The molecule has 0 spiro atoms. The summed E-state index contributed by atoms with van der Waals surface area (Å²) < 4.78 is 11.1. The third-order valence-corrected chi connectivity index (χ3v) is 3.92. The van der Waals surface area contributed by atoms with Crippen LogP contribution in [-0.2, 0) is 0 Å². The van der Waals surface area contributed by atoms with Crippen LogP contribution in [0.5, 0.6) is 5.75 Å². The normalized spacial score (nSPS) is 19.0. The van der Waals surface area contributed by atoms with Gasteiger partial charge in [0.2, 0.25) is 5.89 Å². The predicted molar refractivity (Wildman–Crippen MR) is 79.5 cm³/mol. The van der Waals surface area contributed by atoms with Crippen LogP contribution in [0, 0.1) is 13.8 Å². The van der Waals surface area contributed by atoms with E-state index in [1.54, 1.807) is 0 Å². The highest BCUT2D eigenvalue weighted by molar-refractivity contribution is 5.31. The number of benzene rings is 1. The first-order chi connectivity index (χ1) is 10.2. The van der Waals surface area contributed by atoms with E-state index in [2.05, 4.69) is 28.0 Å². The number of hydrogen-bond donors (Lipinski definition) is 0. The number of nitrogens with zero attached hydrogens (tertiary/aromatic N) is 3. The van der Waals surface area contributed by atoms with Crippen LogP contribution in [0.4, 0.5) is 0 Å². The summed E-state index contributed by atoms with van der Waals surface area (Å²) in [6.45, 7) is 7.59. The van der Waals surface area contributed by atoms with Crippen LogP contribution < -0.4 is 4.74 Å². The minimum absolute atomic E-state index is 0.365. The summed E-state index contributed by atoms with van der Waals surface area (Å²) in [7, 11) is 0. The molecule has 0 unspecified atom stereocenters. The number of aromatic nitrogens is 2. The largest absolute Gasteiger partial charge is 0.492 e. The van der Waals surface area contributed by atoms with Gasteiger partial charge in [-0.1, -0.05) is 23.4 Å². The Hall–Kier alpha value is -1.88. The molecule has 2 heterocycles. The van der Waals surface area contributed by atoms with E-state index in [0.717, 1.165) is 37.7 Å². The maximum atomic E-state index is 5.85. The van der Waals surface area contributed by atoms with Crippen LogP contribution in [0.1, 0.15) is 29.6 Å². The number of hydrogen-bond acceptors (Lipinski definition) is 5. The third kappa shape index (κ3) is 3.42. The van der Waals surface area contributed by atoms with Crippen molar-refractivity contribution in [3.63, 3.8) is 0 Å². The first-order valence-electron chi connectivity index (χ1n) is 7.43. The van der Waals surface area contributed by atoms with E-state index < -0.39 is 0 Å². The van der Waals surface area contributed by atoms with Crippen molar-refractivity contribution in [2.45, 2.75) is 26.2 Å². The molecule has 1 aliphatic heterocycles. The summed E-state index contributed by atoms with van der Waals surface area (Å²) in [6.07, 6.45) is 1.08. The van der Waals surface area contributed by atoms with Crippen LogP contribution in [0.25, 0.3) is 0 Å². The summed E-state index contributed by atoms with van der Waals surface area (Å²) in [5.74, 6) is 2.83. The molecule has 1 aromatic heterocycles. The fraction of sp³-hybridized carbons (Fsp3) is 0.500. The van der Waals surface area contributed by atoms with Gasteiger partial charge in [-0.2, -0.15) is 4.98 Å². The quantitative estimate of drug-likeness (QED) is 0.846. The molecule has 5 heteroatoms. The monoisotopic (exact) mass is 287 g/mol. The Morgan fingerprint density at radius 2 is 2.19 bits per heavy atom. The van der Waals surface area contributed by atoms with Gasteiger partial charge < -0.3 is 9.26 Å². The molecule has 1 saturated heterocycles. The van der Waals surface area contributed by atoms with E-state index >= 15 is 0 Å². The number of likely N-dealkylation sites (tertiary alicyclic amines) is 1. The van der Waals surface area contributed by atoms with Crippen LogP contribution >= 0.6 is 0 Å². The lowest BCUT2D eigenvalue weighted by atomic mass is 10.1. The second-order valence-electron chi connectivity index (χ2n) is 5.58. The number of para-hydroxylation sites is 1. The highest BCUT2D eigenvalue weighted by atomic mass is 16.5. The minimum atomic E-state index is 0.365. The van der Waals surface area contributed by atoms with Crippen LogP contribution in [-0.4, -0.2) is 41.3 Å². The second-order valence-corrected chi connectivity index (χ2v) is 5.58. The van der Waals surface area contributed by atoms with Crippen molar-refractivity contribution in [3.05, 3.63) is 41.5 Å². The Bertz CT molecular complexity index is 597. The molecule has 0 bridgehead atoms. The fourth-order valence-corrected chi connectivity index (χ4v) is 2.72. The van der Waals surface area contributed by atoms with Crippen LogP contribution in [0.15, 0.2) is 28.8 Å². The first kappa shape index (κ1) is 14.1. The smallest absolute Gasteiger partial charge is 0.231 e.